The molecule has 0 aliphatic carbocycles. The van der Waals surface area contributed by atoms with Crippen LogP contribution in [0.5, 0.6) is 5.75 Å². The number of nitrogens with zero attached hydrogens (tertiary/aromatic N) is 2. The molecule has 0 fully saturated rings. The molecule has 0 unspecified atom stereocenters. The third kappa shape index (κ3) is 8.33. The average Bonchev–Trinajstić information content (AvgIpc) is 2.97. The number of unbranched alkanes of at least 4 members (excludes halogenated alkanes) is 1. The van der Waals surface area contributed by atoms with Crippen molar-refractivity contribution < 1.29 is 22.7 Å². The molecule has 3 rings (SSSR count). The predicted molar refractivity (Wildman–Crippen MR) is 162 cm³/mol. The van der Waals surface area contributed by atoms with Gasteiger partial charge in [0.1, 0.15) is 18.3 Å². The van der Waals surface area contributed by atoms with Crippen molar-refractivity contribution in [3.63, 3.8) is 0 Å². The summed E-state index contributed by atoms with van der Waals surface area (Å²) in [6, 6.07) is 21.6. The lowest BCUT2D eigenvalue weighted by Crippen LogP contribution is -2.52. The molecule has 0 radical (unpaired) electrons. The van der Waals surface area contributed by atoms with E-state index < -0.39 is 28.5 Å². The highest BCUT2D eigenvalue weighted by molar-refractivity contribution is 7.92. The molecule has 0 saturated heterocycles. The van der Waals surface area contributed by atoms with Crippen LogP contribution in [0.4, 0.5) is 5.69 Å². The monoisotopic (exact) mass is 579 g/mol. The number of sulfonamides is 1. The quantitative estimate of drug-likeness (QED) is 0.246. The molecule has 0 bridgehead atoms. The van der Waals surface area contributed by atoms with Gasteiger partial charge in [-0.25, -0.2) is 8.42 Å². The van der Waals surface area contributed by atoms with E-state index in [2.05, 4.69) is 5.32 Å². The molecule has 0 aromatic heterocycles. The van der Waals surface area contributed by atoms with Crippen molar-refractivity contribution in [1.29, 1.82) is 0 Å². The maximum atomic E-state index is 14.1. The third-order valence-corrected chi connectivity index (χ3v) is 8.65. The zero-order chi connectivity index (χ0) is 29.8. The van der Waals surface area contributed by atoms with Gasteiger partial charge < -0.3 is 15.0 Å². The van der Waals surface area contributed by atoms with Gasteiger partial charge in [0, 0.05) is 13.1 Å². The number of ether oxygens (including phenoxy) is 1. The van der Waals surface area contributed by atoms with Crippen molar-refractivity contribution in [2.45, 2.75) is 64.4 Å². The van der Waals surface area contributed by atoms with Crippen LogP contribution in [0.25, 0.3) is 0 Å². The summed E-state index contributed by atoms with van der Waals surface area (Å²) >= 11 is 0. The lowest BCUT2D eigenvalue weighted by Gasteiger charge is -2.33. The van der Waals surface area contributed by atoms with Gasteiger partial charge in [0.05, 0.1) is 17.2 Å². The largest absolute Gasteiger partial charge is 0.494 e. The standard InChI is InChI=1S/C32H41N3O5S/c1-5-8-22-33-32(37)30(6-2)34(23-26-15-13-12-14-25(26)4)31(36)24-35(27-16-10-9-11-17-27)41(38,39)29-20-18-28(19-21-29)40-7-3/h9-21,30H,5-8,22-24H2,1-4H3,(H,33,37)/t30-/m0/s1. The maximum absolute atomic E-state index is 14.1. The van der Waals surface area contributed by atoms with E-state index in [4.69, 9.17) is 4.74 Å². The van der Waals surface area contributed by atoms with Crippen LogP contribution in [0.2, 0.25) is 0 Å². The minimum atomic E-state index is -4.14. The van der Waals surface area contributed by atoms with Gasteiger partial charge in [0.25, 0.3) is 10.0 Å². The van der Waals surface area contributed by atoms with Crippen LogP contribution in [0.1, 0.15) is 51.2 Å². The summed E-state index contributed by atoms with van der Waals surface area (Å²) in [4.78, 5) is 28.9. The van der Waals surface area contributed by atoms with E-state index in [-0.39, 0.29) is 17.3 Å². The molecule has 2 amide bonds. The average molecular weight is 580 g/mol. The Morgan fingerprint density at radius 1 is 0.902 bits per heavy atom. The molecule has 0 saturated carbocycles. The van der Waals surface area contributed by atoms with Crippen molar-refractivity contribution in [2.75, 3.05) is 24.0 Å². The molecule has 41 heavy (non-hydrogen) atoms. The van der Waals surface area contributed by atoms with E-state index in [1.54, 1.807) is 42.5 Å². The Hall–Kier alpha value is -3.85. The number of anilines is 1. The van der Waals surface area contributed by atoms with E-state index in [0.717, 1.165) is 28.3 Å². The molecule has 1 atom stereocenters. The van der Waals surface area contributed by atoms with Crippen molar-refractivity contribution in [1.82, 2.24) is 10.2 Å². The van der Waals surface area contributed by atoms with Gasteiger partial charge in [-0.3, -0.25) is 13.9 Å². The van der Waals surface area contributed by atoms with Gasteiger partial charge in [0.15, 0.2) is 0 Å². The second-order valence-corrected chi connectivity index (χ2v) is 11.6. The molecule has 3 aromatic carbocycles. The molecule has 9 heteroatoms. The van der Waals surface area contributed by atoms with Crippen LogP contribution in [0.3, 0.4) is 0 Å². The van der Waals surface area contributed by atoms with Crippen LogP contribution in [-0.2, 0) is 26.2 Å². The molecular weight excluding hydrogens is 538 g/mol. The van der Waals surface area contributed by atoms with Crippen molar-refractivity contribution >= 4 is 27.5 Å². The summed E-state index contributed by atoms with van der Waals surface area (Å²) in [5, 5.41) is 2.95. The first-order valence-electron chi connectivity index (χ1n) is 14.1. The van der Waals surface area contributed by atoms with E-state index in [1.807, 2.05) is 52.0 Å². The second kappa shape index (κ2) is 15.2. The topological polar surface area (TPSA) is 96.0 Å². The van der Waals surface area contributed by atoms with Gasteiger partial charge in [-0.1, -0.05) is 62.7 Å². The first kappa shape index (κ1) is 31.7. The van der Waals surface area contributed by atoms with E-state index in [0.29, 0.717) is 31.0 Å². The SMILES string of the molecule is CCCCNC(=O)[C@H](CC)N(Cc1ccccc1C)C(=O)CN(c1ccccc1)S(=O)(=O)c1ccc(OCC)cc1. The number of amides is 2. The van der Waals surface area contributed by atoms with Crippen molar-refractivity contribution in [3.8, 4) is 5.75 Å². The van der Waals surface area contributed by atoms with Crippen LogP contribution < -0.4 is 14.4 Å². The predicted octanol–water partition coefficient (Wildman–Crippen LogP) is 5.31. The zero-order valence-corrected chi connectivity index (χ0v) is 25.2. The van der Waals surface area contributed by atoms with Gasteiger partial charge >= 0.3 is 0 Å². The fourth-order valence-corrected chi connectivity index (χ4v) is 5.94. The summed E-state index contributed by atoms with van der Waals surface area (Å²) < 4.78 is 34.5. The Kier molecular flexibility index (Phi) is 11.8. The Balaban J connectivity index is 2.01. The summed E-state index contributed by atoms with van der Waals surface area (Å²) in [7, 11) is -4.14. The Bertz CT molecular complexity index is 1380. The Labute approximate surface area is 244 Å². The number of carbonyl (C=O) groups excluding carboxylic acids is 2. The number of carbonyl (C=O) groups is 2. The number of hydrogen-bond donors (Lipinski definition) is 1. The van der Waals surface area contributed by atoms with Crippen LogP contribution in [0.15, 0.2) is 83.8 Å². The Morgan fingerprint density at radius 3 is 2.17 bits per heavy atom. The Morgan fingerprint density at radius 2 is 1.56 bits per heavy atom. The van der Waals surface area contributed by atoms with E-state index in [1.165, 1.54) is 17.0 Å². The first-order valence-corrected chi connectivity index (χ1v) is 15.6. The third-order valence-electron chi connectivity index (χ3n) is 6.86. The highest BCUT2D eigenvalue weighted by Crippen LogP contribution is 2.26. The van der Waals surface area contributed by atoms with Crippen LogP contribution in [0, 0.1) is 6.92 Å². The molecule has 1 N–H and O–H groups in total. The molecule has 8 nitrogen and oxygen atoms in total. The zero-order valence-electron chi connectivity index (χ0n) is 24.4. The maximum Gasteiger partial charge on any atom is 0.264 e. The summed E-state index contributed by atoms with van der Waals surface area (Å²) in [6.45, 7) is 8.38. The number of rotatable bonds is 15. The number of benzene rings is 3. The summed E-state index contributed by atoms with van der Waals surface area (Å²) in [5.74, 6) is -0.161. The van der Waals surface area contributed by atoms with Gasteiger partial charge in [-0.15, -0.1) is 0 Å². The van der Waals surface area contributed by atoms with Gasteiger partial charge in [0.2, 0.25) is 11.8 Å². The fraction of sp³-hybridized carbons (Fsp3) is 0.375. The molecule has 0 aliphatic heterocycles. The molecule has 0 heterocycles. The minimum absolute atomic E-state index is 0.0346. The molecule has 3 aromatic rings. The molecule has 0 spiro atoms. The fourth-order valence-electron chi connectivity index (χ4n) is 4.52. The normalized spacial score (nSPS) is 11.9. The van der Waals surface area contributed by atoms with Crippen LogP contribution >= 0.6 is 0 Å². The highest BCUT2D eigenvalue weighted by Gasteiger charge is 2.33. The smallest absolute Gasteiger partial charge is 0.264 e. The highest BCUT2D eigenvalue weighted by atomic mass is 32.2. The van der Waals surface area contributed by atoms with Crippen LogP contribution in [-0.4, -0.2) is 50.9 Å². The number of aryl methyl sites for hydroxylation is 1. The first-order chi connectivity index (χ1) is 19.7. The molecule has 220 valence electrons. The summed E-state index contributed by atoms with van der Waals surface area (Å²) in [6.07, 6.45) is 2.14. The molecular formula is C32H41N3O5S. The number of nitrogens with one attached hydrogen (secondary N) is 1. The lowest BCUT2D eigenvalue weighted by molar-refractivity contribution is -0.140. The summed E-state index contributed by atoms with van der Waals surface area (Å²) in [5.41, 5.74) is 2.22. The minimum Gasteiger partial charge on any atom is -0.494 e. The van der Waals surface area contributed by atoms with Gasteiger partial charge in [-0.2, -0.15) is 0 Å². The van der Waals surface area contributed by atoms with E-state index in [9.17, 15) is 18.0 Å². The number of para-hydroxylation sites is 1. The van der Waals surface area contributed by atoms with E-state index >= 15 is 0 Å². The van der Waals surface area contributed by atoms with Crippen molar-refractivity contribution in [3.05, 3.63) is 90.0 Å². The van der Waals surface area contributed by atoms with Crippen molar-refractivity contribution in [2.24, 2.45) is 0 Å². The second-order valence-electron chi connectivity index (χ2n) is 9.77. The van der Waals surface area contributed by atoms with Gasteiger partial charge in [-0.05, 0) is 74.2 Å². The lowest BCUT2D eigenvalue weighted by atomic mass is 10.1. The molecule has 0 aliphatic rings. The number of hydrogen-bond acceptors (Lipinski definition) is 5.